The summed E-state index contributed by atoms with van der Waals surface area (Å²) in [6, 6.07) is 0. The molecule has 0 aromatic carbocycles. The number of ether oxygens (including phenoxy) is 2. The molecule has 0 fully saturated rings. The predicted octanol–water partition coefficient (Wildman–Crippen LogP) is 2.48. The maximum Gasteiger partial charge on any atom is 0.180 e. The summed E-state index contributed by atoms with van der Waals surface area (Å²) in [5.41, 5.74) is 1.94. The fourth-order valence-electron chi connectivity index (χ4n) is 2.76. The van der Waals surface area contributed by atoms with E-state index >= 15 is 0 Å². The third kappa shape index (κ3) is 2.35. The van der Waals surface area contributed by atoms with Gasteiger partial charge in [0.2, 0.25) is 0 Å². The minimum Gasteiger partial charge on any atom is -0.349 e. The largest absolute Gasteiger partial charge is 0.349 e. The summed E-state index contributed by atoms with van der Waals surface area (Å²) in [4.78, 5) is 11.3. The van der Waals surface area contributed by atoms with Crippen molar-refractivity contribution in [2.45, 2.75) is 33.0 Å². The van der Waals surface area contributed by atoms with Crippen LogP contribution in [0.3, 0.4) is 0 Å². The zero-order valence-electron chi connectivity index (χ0n) is 10.5. The first-order valence-corrected chi connectivity index (χ1v) is 6.42. The molecule has 0 saturated heterocycles. The zero-order valence-corrected chi connectivity index (χ0v) is 10.5. The van der Waals surface area contributed by atoms with Crippen molar-refractivity contribution in [3.05, 3.63) is 23.3 Å². The van der Waals surface area contributed by atoms with Crippen molar-refractivity contribution in [3.63, 3.8) is 0 Å². The molecule has 3 heteroatoms. The van der Waals surface area contributed by atoms with E-state index in [1.165, 1.54) is 0 Å². The van der Waals surface area contributed by atoms with Gasteiger partial charge in [-0.05, 0) is 32.3 Å². The lowest BCUT2D eigenvalue weighted by molar-refractivity contribution is -0.119. The fraction of sp³-hybridized carbons (Fsp3) is 0.643. The summed E-state index contributed by atoms with van der Waals surface area (Å²) < 4.78 is 11.3. The quantitative estimate of drug-likeness (QED) is 0.404. The molecule has 2 unspecified atom stereocenters. The fourth-order valence-corrected chi connectivity index (χ4v) is 2.76. The lowest BCUT2D eigenvalue weighted by Crippen LogP contribution is -2.33. The molecule has 0 N–H and O–H groups in total. The van der Waals surface area contributed by atoms with Gasteiger partial charge in [0.05, 0.1) is 0 Å². The van der Waals surface area contributed by atoms with Gasteiger partial charge in [-0.3, -0.25) is 4.79 Å². The van der Waals surface area contributed by atoms with Crippen molar-refractivity contribution in [2.24, 2.45) is 11.8 Å². The van der Waals surface area contributed by atoms with Crippen LogP contribution in [0.25, 0.3) is 0 Å². The molecule has 3 nitrogen and oxygen atoms in total. The van der Waals surface area contributed by atoms with Gasteiger partial charge in [0.15, 0.2) is 6.29 Å². The van der Waals surface area contributed by atoms with Crippen LogP contribution in [0.2, 0.25) is 0 Å². The van der Waals surface area contributed by atoms with Gasteiger partial charge in [-0.15, -0.1) is 0 Å². The number of fused-ring (bicyclic) bond motifs is 1. The van der Waals surface area contributed by atoms with Crippen LogP contribution in [0.15, 0.2) is 23.3 Å². The third-order valence-corrected chi connectivity index (χ3v) is 3.51. The second kappa shape index (κ2) is 5.61. The highest BCUT2D eigenvalue weighted by atomic mass is 16.7. The molecule has 0 saturated carbocycles. The van der Waals surface area contributed by atoms with E-state index in [2.05, 4.69) is 12.2 Å². The number of hydrogen-bond donors (Lipinski definition) is 0. The van der Waals surface area contributed by atoms with E-state index in [0.29, 0.717) is 19.1 Å². The monoisotopic (exact) mass is 236 g/mol. The Kier molecular flexibility index (Phi) is 4.13. The number of hydrogen-bond acceptors (Lipinski definition) is 3. The van der Waals surface area contributed by atoms with Gasteiger partial charge >= 0.3 is 0 Å². The maximum atomic E-state index is 11.3. The van der Waals surface area contributed by atoms with E-state index in [1.54, 1.807) is 0 Å². The molecule has 0 aromatic rings. The first kappa shape index (κ1) is 12.5. The second-order valence-corrected chi connectivity index (χ2v) is 4.45. The van der Waals surface area contributed by atoms with Crippen LogP contribution in [0.1, 0.15) is 26.7 Å². The molecule has 0 heterocycles. The molecule has 0 spiro atoms. The molecular weight excluding hydrogens is 216 g/mol. The van der Waals surface area contributed by atoms with Crippen LogP contribution in [0.5, 0.6) is 0 Å². The van der Waals surface area contributed by atoms with Crippen LogP contribution in [0.4, 0.5) is 0 Å². The summed E-state index contributed by atoms with van der Waals surface area (Å²) in [6.45, 7) is 5.09. The summed E-state index contributed by atoms with van der Waals surface area (Å²) in [5.74, 6) is 0.596. The number of carbonyl (C=O) groups is 1. The molecule has 2 atom stereocenters. The van der Waals surface area contributed by atoms with E-state index in [0.717, 1.165) is 30.3 Å². The minimum absolute atomic E-state index is 0.274. The Labute approximate surface area is 102 Å². The molecule has 0 aliphatic heterocycles. The third-order valence-electron chi connectivity index (χ3n) is 3.51. The predicted molar refractivity (Wildman–Crippen MR) is 65.5 cm³/mol. The van der Waals surface area contributed by atoms with Crippen molar-refractivity contribution in [3.8, 4) is 0 Å². The highest BCUT2D eigenvalue weighted by molar-refractivity contribution is 5.78. The maximum absolute atomic E-state index is 11.3. The molecule has 3 rings (SSSR count). The average Bonchev–Trinajstić information content (AvgIpc) is 2.38. The molecule has 0 amide bonds. The highest BCUT2D eigenvalue weighted by Crippen LogP contribution is 2.42. The Bertz CT molecular complexity index is 337. The molecule has 0 radical (unpaired) electrons. The summed E-state index contributed by atoms with van der Waals surface area (Å²) in [5, 5.41) is 0. The molecule has 17 heavy (non-hydrogen) atoms. The number of aldehydes is 1. The molecule has 3 aliphatic rings. The smallest absolute Gasteiger partial charge is 0.180 e. The van der Waals surface area contributed by atoms with Crippen LogP contribution >= 0.6 is 0 Å². The van der Waals surface area contributed by atoms with Crippen molar-refractivity contribution in [1.29, 1.82) is 0 Å². The van der Waals surface area contributed by atoms with Gasteiger partial charge in [-0.25, -0.2) is 0 Å². The van der Waals surface area contributed by atoms with Crippen molar-refractivity contribution >= 4 is 6.29 Å². The molecule has 94 valence electrons. The minimum atomic E-state index is -0.344. The van der Waals surface area contributed by atoms with E-state index in [9.17, 15) is 4.79 Å². The normalized spacial score (nSPS) is 27.0. The van der Waals surface area contributed by atoms with Crippen molar-refractivity contribution < 1.29 is 14.3 Å². The average molecular weight is 236 g/mol. The van der Waals surface area contributed by atoms with Gasteiger partial charge in [0.1, 0.15) is 6.29 Å². The van der Waals surface area contributed by atoms with Crippen LogP contribution in [-0.2, 0) is 14.3 Å². The molecule has 2 bridgehead atoms. The summed E-state index contributed by atoms with van der Waals surface area (Å²) in [7, 11) is 0. The number of carbonyl (C=O) groups excluding carboxylic acids is 1. The molecule has 0 aromatic heterocycles. The molecular formula is C14H20O3. The van der Waals surface area contributed by atoms with E-state index < -0.39 is 0 Å². The van der Waals surface area contributed by atoms with Crippen LogP contribution in [-0.4, -0.2) is 25.8 Å². The highest BCUT2D eigenvalue weighted by Gasteiger charge is 2.35. The van der Waals surface area contributed by atoms with E-state index in [-0.39, 0.29) is 12.2 Å². The lowest BCUT2D eigenvalue weighted by Gasteiger charge is -2.37. The van der Waals surface area contributed by atoms with Gasteiger partial charge < -0.3 is 9.47 Å². The standard InChI is InChI=1S/C14H20O3/c1-3-16-14(17-4-2)13-11-7-5-10(6-8-11)12(13)9-15/h5,7,9-11,14H,3-4,6,8H2,1-2H3. The Morgan fingerprint density at radius 3 is 2.29 bits per heavy atom. The Morgan fingerprint density at radius 2 is 1.82 bits per heavy atom. The Balaban J connectivity index is 2.28. The van der Waals surface area contributed by atoms with Crippen molar-refractivity contribution in [2.75, 3.05) is 13.2 Å². The van der Waals surface area contributed by atoms with Gasteiger partial charge in [0.25, 0.3) is 0 Å². The van der Waals surface area contributed by atoms with Crippen LogP contribution in [0, 0.1) is 11.8 Å². The van der Waals surface area contributed by atoms with Gasteiger partial charge in [-0.1, -0.05) is 12.2 Å². The van der Waals surface area contributed by atoms with Gasteiger partial charge in [-0.2, -0.15) is 0 Å². The summed E-state index contributed by atoms with van der Waals surface area (Å²) >= 11 is 0. The first-order valence-electron chi connectivity index (χ1n) is 6.42. The first-order chi connectivity index (χ1) is 8.31. The topological polar surface area (TPSA) is 35.5 Å². The second-order valence-electron chi connectivity index (χ2n) is 4.45. The van der Waals surface area contributed by atoms with E-state index in [1.807, 2.05) is 13.8 Å². The molecule has 3 aliphatic carbocycles. The lowest BCUT2D eigenvalue weighted by atomic mass is 9.71. The van der Waals surface area contributed by atoms with E-state index in [4.69, 9.17) is 9.47 Å². The number of rotatable bonds is 6. The summed E-state index contributed by atoms with van der Waals surface area (Å²) in [6.07, 6.45) is 7.16. The van der Waals surface area contributed by atoms with Gasteiger partial charge in [0, 0.05) is 30.6 Å². The number of allylic oxidation sites excluding steroid dienone is 3. The Morgan fingerprint density at radius 1 is 1.24 bits per heavy atom. The van der Waals surface area contributed by atoms with Crippen LogP contribution < -0.4 is 0 Å². The Hall–Kier alpha value is -0.930. The van der Waals surface area contributed by atoms with Crippen molar-refractivity contribution in [1.82, 2.24) is 0 Å². The SMILES string of the molecule is CCOC(OCC)C1=C(C=O)C2C=CC1CC2. The zero-order chi connectivity index (χ0) is 12.3.